The number of guanidine groups is 1. The van der Waals surface area contributed by atoms with Gasteiger partial charge >= 0.3 is 0 Å². The number of rotatable bonds is 5. The smallest absolute Gasteiger partial charge is 0.193 e. The molecule has 1 aromatic heterocycles. The van der Waals surface area contributed by atoms with E-state index in [1.54, 1.807) is 18.4 Å². The van der Waals surface area contributed by atoms with E-state index in [4.69, 9.17) is 4.74 Å². The Hall–Kier alpha value is -2.28. The lowest BCUT2D eigenvalue weighted by Crippen LogP contribution is -2.39. The van der Waals surface area contributed by atoms with Gasteiger partial charge in [-0.2, -0.15) is 0 Å². The molecule has 1 aliphatic rings. The molecule has 0 radical (unpaired) electrons. The van der Waals surface area contributed by atoms with E-state index in [0.717, 1.165) is 42.0 Å². The summed E-state index contributed by atoms with van der Waals surface area (Å²) in [6.45, 7) is 2.68. The van der Waals surface area contributed by atoms with Crippen LogP contribution in [0.4, 0.5) is 5.13 Å². The first-order valence-electron chi connectivity index (χ1n) is 8.82. The fourth-order valence-corrected chi connectivity index (χ4v) is 3.94. The lowest BCUT2D eigenvalue weighted by atomic mass is 9.98. The predicted molar refractivity (Wildman–Crippen MR) is 109 cm³/mol. The molecule has 2 heterocycles. The molecule has 1 N–H and O–H groups in total. The van der Waals surface area contributed by atoms with Gasteiger partial charge in [0.25, 0.3) is 0 Å². The van der Waals surface area contributed by atoms with Gasteiger partial charge in [-0.05, 0) is 24.1 Å². The van der Waals surface area contributed by atoms with Crippen LogP contribution in [0.15, 0.2) is 34.6 Å². The molecule has 1 atom stereocenters. The molecule has 0 amide bonds. The Morgan fingerprint density at radius 3 is 2.77 bits per heavy atom. The number of thiazole rings is 1. The highest BCUT2D eigenvalue weighted by molar-refractivity contribution is 7.13. The van der Waals surface area contributed by atoms with Crippen molar-refractivity contribution in [1.82, 2.24) is 15.2 Å². The fraction of sp³-hybridized carbons (Fsp3) is 0.474. The van der Waals surface area contributed by atoms with Crippen molar-refractivity contribution in [1.29, 1.82) is 0 Å². The topological polar surface area (TPSA) is 53.0 Å². The number of benzene rings is 1. The zero-order valence-corrected chi connectivity index (χ0v) is 16.7. The largest absolute Gasteiger partial charge is 0.497 e. The molecule has 0 bridgehead atoms. The van der Waals surface area contributed by atoms with Crippen molar-refractivity contribution < 1.29 is 4.74 Å². The third kappa shape index (κ3) is 4.27. The number of likely N-dealkylation sites (tertiary alicyclic amines) is 1. The van der Waals surface area contributed by atoms with Gasteiger partial charge in [0.1, 0.15) is 5.75 Å². The predicted octanol–water partition coefficient (Wildman–Crippen LogP) is 2.78. The van der Waals surface area contributed by atoms with E-state index in [0.29, 0.717) is 12.5 Å². The summed E-state index contributed by atoms with van der Waals surface area (Å²) in [4.78, 5) is 13.4. The number of nitrogens with one attached hydrogen (secondary N) is 1. The molecular formula is C19H27N5OS. The third-order valence-corrected chi connectivity index (χ3v) is 5.69. The minimum atomic E-state index is 0.527. The lowest BCUT2D eigenvalue weighted by Gasteiger charge is -2.21. The number of methoxy groups -OCH3 is 1. The fourth-order valence-electron chi connectivity index (χ4n) is 3.19. The summed E-state index contributed by atoms with van der Waals surface area (Å²) in [7, 11) is 7.57. The van der Waals surface area contributed by atoms with Gasteiger partial charge in [0.15, 0.2) is 11.1 Å². The summed E-state index contributed by atoms with van der Waals surface area (Å²) in [6.07, 6.45) is 1.13. The summed E-state index contributed by atoms with van der Waals surface area (Å²) in [5.41, 5.74) is 2.41. The van der Waals surface area contributed by atoms with Crippen molar-refractivity contribution in [3.8, 4) is 5.75 Å². The minimum Gasteiger partial charge on any atom is -0.497 e. The number of hydrogen-bond donors (Lipinski definition) is 1. The zero-order valence-electron chi connectivity index (χ0n) is 15.9. The molecule has 0 spiro atoms. The van der Waals surface area contributed by atoms with Crippen LogP contribution in [0.2, 0.25) is 0 Å². The Morgan fingerprint density at radius 2 is 2.15 bits per heavy atom. The second kappa shape index (κ2) is 8.40. The van der Waals surface area contributed by atoms with Gasteiger partial charge < -0.3 is 19.9 Å². The summed E-state index contributed by atoms with van der Waals surface area (Å²) in [5.74, 6) is 2.38. The van der Waals surface area contributed by atoms with E-state index in [1.165, 1.54) is 5.56 Å². The number of aliphatic imine (C=N–C) groups is 1. The van der Waals surface area contributed by atoms with Crippen molar-refractivity contribution in [2.24, 2.45) is 4.99 Å². The van der Waals surface area contributed by atoms with Gasteiger partial charge in [0, 0.05) is 45.5 Å². The van der Waals surface area contributed by atoms with Gasteiger partial charge in [0.2, 0.25) is 0 Å². The molecule has 1 saturated heterocycles. The Morgan fingerprint density at radius 1 is 1.38 bits per heavy atom. The van der Waals surface area contributed by atoms with Crippen LogP contribution in [0, 0.1) is 0 Å². The SMILES string of the molecule is CN=C(NCc1csc(N(C)C)n1)N1CCC(c2ccc(OC)cc2)C1. The number of anilines is 1. The van der Waals surface area contributed by atoms with Gasteiger partial charge in [-0.15, -0.1) is 11.3 Å². The monoisotopic (exact) mass is 373 g/mol. The molecule has 1 aliphatic heterocycles. The molecule has 1 fully saturated rings. The normalized spacial score (nSPS) is 17.5. The van der Waals surface area contributed by atoms with Crippen molar-refractivity contribution in [3.05, 3.63) is 40.9 Å². The number of ether oxygens (including phenoxy) is 1. The van der Waals surface area contributed by atoms with Crippen LogP contribution in [0.3, 0.4) is 0 Å². The maximum Gasteiger partial charge on any atom is 0.193 e. The summed E-state index contributed by atoms with van der Waals surface area (Å²) in [6, 6.07) is 8.41. The van der Waals surface area contributed by atoms with Crippen LogP contribution in [0.1, 0.15) is 23.6 Å². The maximum absolute atomic E-state index is 5.25. The minimum absolute atomic E-state index is 0.527. The highest BCUT2D eigenvalue weighted by atomic mass is 32.1. The van der Waals surface area contributed by atoms with E-state index >= 15 is 0 Å². The van der Waals surface area contributed by atoms with Crippen molar-refractivity contribution in [2.45, 2.75) is 18.9 Å². The Bertz CT molecular complexity index is 741. The third-order valence-electron chi connectivity index (χ3n) is 4.64. The van der Waals surface area contributed by atoms with E-state index in [1.807, 2.05) is 38.2 Å². The Kier molecular flexibility index (Phi) is 5.98. The molecule has 140 valence electrons. The number of aromatic nitrogens is 1. The number of nitrogens with zero attached hydrogens (tertiary/aromatic N) is 4. The Labute approximate surface area is 159 Å². The quantitative estimate of drug-likeness (QED) is 0.645. The van der Waals surface area contributed by atoms with E-state index < -0.39 is 0 Å². The molecular weight excluding hydrogens is 346 g/mol. The molecule has 3 rings (SSSR count). The van der Waals surface area contributed by atoms with E-state index in [9.17, 15) is 0 Å². The van der Waals surface area contributed by atoms with Gasteiger partial charge in [-0.3, -0.25) is 4.99 Å². The molecule has 2 aromatic rings. The molecule has 1 aromatic carbocycles. The van der Waals surface area contributed by atoms with Gasteiger partial charge in [0.05, 0.1) is 19.3 Å². The van der Waals surface area contributed by atoms with E-state index in [2.05, 4.69) is 37.7 Å². The highest BCUT2D eigenvalue weighted by Crippen LogP contribution is 2.28. The number of hydrogen-bond acceptors (Lipinski definition) is 5. The van der Waals surface area contributed by atoms with Crippen LogP contribution < -0.4 is 15.0 Å². The first-order chi connectivity index (χ1) is 12.6. The van der Waals surface area contributed by atoms with Gasteiger partial charge in [-0.25, -0.2) is 4.98 Å². The van der Waals surface area contributed by atoms with Crippen molar-refractivity contribution >= 4 is 22.4 Å². The zero-order chi connectivity index (χ0) is 18.5. The van der Waals surface area contributed by atoms with Crippen LogP contribution in [-0.2, 0) is 6.54 Å². The molecule has 6 nitrogen and oxygen atoms in total. The lowest BCUT2D eigenvalue weighted by molar-refractivity contribution is 0.414. The second-order valence-electron chi connectivity index (χ2n) is 6.62. The molecule has 1 unspecified atom stereocenters. The molecule has 7 heteroatoms. The summed E-state index contributed by atoms with van der Waals surface area (Å²) in [5, 5.41) is 6.57. The van der Waals surface area contributed by atoms with Gasteiger partial charge in [-0.1, -0.05) is 12.1 Å². The average Bonchev–Trinajstić information content (AvgIpc) is 3.32. The maximum atomic E-state index is 5.25. The molecule has 0 aliphatic carbocycles. The first-order valence-corrected chi connectivity index (χ1v) is 9.70. The van der Waals surface area contributed by atoms with E-state index in [-0.39, 0.29) is 0 Å². The standard InChI is InChI=1S/C19H27N5OS/c1-20-18(21-11-16-13-26-19(22-16)23(2)3)24-10-9-15(12-24)14-5-7-17(25-4)8-6-14/h5-8,13,15H,9-12H2,1-4H3,(H,20,21). The van der Waals surface area contributed by atoms with Crippen LogP contribution in [0.25, 0.3) is 0 Å². The average molecular weight is 374 g/mol. The highest BCUT2D eigenvalue weighted by Gasteiger charge is 2.26. The second-order valence-corrected chi connectivity index (χ2v) is 7.46. The van der Waals surface area contributed by atoms with Crippen LogP contribution in [-0.4, -0.2) is 57.2 Å². The van der Waals surface area contributed by atoms with Crippen LogP contribution >= 0.6 is 11.3 Å². The summed E-state index contributed by atoms with van der Waals surface area (Å²) < 4.78 is 5.25. The first kappa shape index (κ1) is 18.5. The summed E-state index contributed by atoms with van der Waals surface area (Å²) >= 11 is 1.66. The Balaban J connectivity index is 1.56. The molecule has 26 heavy (non-hydrogen) atoms. The van der Waals surface area contributed by atoms with Crippen molar-refractivity contribution in [3.63, 3.8) is 0 Å². The van der Waals surface area contributed by atoms with Crippen LogP contribution in [0.5, 0.6) is 5.75 Å². The molecule has 0 saturated carbocycles. The van der Waals surface area contributed by atoms with Crippen molar-refractivity contribution in [2.75, 3.05) is 46.2 Å².